The van der Waals surface area contributed by atoms with Crippen molar-refractivity contribution in [2.24, 2.45) is 0 Å². The predicted molar refractivity (Wildman–Crippen MR) is 49.3 cm³/mol. The van der Waals surface area contributed by atoms with E-state index >= 15 is 0 Å². The molecular formula is C5H2OS4. The van der Waals surface area contributed by atoms with E-state index in [-0.39, 0.29) is 4.06 Å². The Labute approximate surface area is 74.2 Å². The normalized spacial score (nSPS) is 15.8. The molecule has 0 atom stereocenters. The monoisotopic (exact) mass is 206 g/mol. The van der Waals surface area contributed by atoms with E-state index in [0.717, 1.165) is 12.7 Å². The van der Waals surface area contributed by atoms with Gasteiger partial charge in [0.25, 0.3) is 4.06 Å². The minimum absolute atomic E-state index is 0.192. The molecule has 1 nitrogen and oxygen atoms in total. The molecule has 0 N–H and O–H groups in total. The van der Waals surface area contributed by atoms with Gasteiger partial charge in [-0.15, -0.1) is 0 Å². The fourth-order valence-corrected chi connectivity index (χ4v) is 6.02. The molecule has 1 aromatic rings. The van der Waals surface area contributed by atoms with Crippen molar-refractivity contribution in [3.05, 3.63) is 19.7 Å². The fourth-order valence-electron chi connectivity index (χ4n) is 0.608. The molecule has 0 saturated carbocycles. The van der Waals surface area contributed by atoms with Crippen LogP contribution in [0.3, 0.4) is 0 Å². The zero-order valence-electron chi connectivity index (χ0n) is 4.75. The molecule has 1 aromatic heterocycles. The minimum atomic E-state index is 0.192. The first kappa shape index (κ1) is 6.97. The zero-order chi connectivity index (χ0) is 7.14. The Morgan fingerprint density at radius 1 is 1.10 bits per heavy atom. The van der Waals surface area contributed by atoms with E-state index in [1.54, 1.807) is 23.5 Å². The van der Waals surface area contributed by atoms with Gasteiger partial charge in [0.05, 0.1) is 8.42 Å². The number of hydrogen-bond donors (Lipinski definition) is 0. The molecular weight excluding hydrogens is 204 g/mol. The molecule has 0 bridgehead atoms. The van der Waals surface area contributed by atoms with Crippen LogP contribution in [-0.4, -0.2) is 0 Å². The summed E-state index contributed by atoms with van der Waals surface area (Å²) in [6.45, 7) is 3.81. The van der Waals surface area contributed by atoms with Crippen molar-refractivity contribution in [1.82, 2.24) is 0 Å². The van der Waals surface area contributed by atoms with Crippen molar-refractivity contribution in [1.29, 1.82) is 0 Å². The van der Waals surface area contributed by atoms with Crippen LogP contribution in [0.1, 0.15) is 0 Å². The first-order chi connectivity index (χ1) is 4.75. The molecule has 1 aliphatic heterocycles. The largest absolute Gasteiger partial charge is 0.289 e. The molecule has 0 aromatic carbocycles. The number of rotatable bonds is 0. The lowest BCUT2D eigenvalue weighted by atomic mass is 11.1. The molecule has 10 heavy (non-hydrogen) atoms. The van der Waals surface area contributed by atoms with Crippen LogP contribution < -0.4 is 4.06 Å². The van der Waals surface area contributed by atoms with E-state index in [1.807, 2.05) is 0 Å². The maximum atomic E-state index is 10.8. The van der Waals surface area contributed by atoms with Crippen LogP contribution in [0.25, 0.3) is 0 Å². The predicted octanol–water partition coefficient (Wildman–Crippen LogP) is 2.84. The highest BCUT2D eigenvalue weighted by Gasteiger charge is 2.19. The molecule has 52 valence electrons. The van der Waals surface area contributed by atoms with Gasteiger partial charge in [-0.2, -0.15) is 0 Å². The van der Waals surface area contributed by atoms with E-state index in [2.05, 4.69) is 6.58 Å². The Kier molecular flexibility index (Phi) is 1.68. The second-order valence-electron chi connectivity index (χ2n) is 1.61. The summed E-state index contributed by atoms with van der Waals surface area (Å²) in [5.74, 6) is 0. The van der Waals surface area contributed by atoms with Gasteiger partial charge >= 0.3 is 0 Å². The van der Waals surface area contributed by atoms with E-state index in [9.17, 15) is 4.79 Å². The molecule has 0 saturated heterocycles. The quantitative estimate of drug-likeness (QED) is 0.650. The second-order valence-corrected chi connectivity index (χ2v) is 6.82. The van der Waals surface area contributed by atoms with E-state index in [1.165, 1.54) is 22.7 Å². The highest BCUT2D eigenvalue weighted by molar-refractivity contribution is 8.26. The third kappa shape index (κ3) is 1.07. The number of fused-ring (bicyclic) bond motifs is 1. The molecule has 0 spiro atoms. The Morgan fingerprint density at radius 2 is 1.60 bits per heavy atom. The lowest BCUT2D eigenvalue weighted by molar-refractivity contribution is 1.56. The van der Waals surface area contributed by atoms with E-state index < -0.39 is 0 Å². The summed E-state index contributed by atoms with van der Waals surface area (Å²) in [4.78, 5) is 10.8. The Morgan fingerprint density at radius 3 is 2.10 bits per heavy atom. The van der Waals surface area contributed by atoms with Gasteiger partial charge in [-0.1, -0.05) is 52.8 Å². The van der Waals surface area contributed by atoms with Crippen LogP contribution in [0.2, 0.25) is 0 Å². The lowest BCUT2D eigenvalue weighted by Gasteiger charge is -1.82. The van der Waals surface area contributed by atoms with Gasteiger partial charge in [0, 0.05) is 4.24 Å². The summed E-state index contributed by atoms with van der Waals surface area (Å²) in [5.41, 5.74) is 0. The van der Waals surface area contributed by atoms with Crippen molar-refractivity contribution in [2.45, 2.75) is 8.42 Å². The highest BCUT2D eigenvalue weighted by atomic mass is 32.2. The summed E-state index contributed by atoms with van der Waals surface area (Å²) < 4.78 is 3.53. The van der Waals surface area contributed by atoms with Crippen molar-refractivity contribution < 1.29 is 0 Å². The van der Waals surface area contributed by atoms with Gasteiger partial charge in [-0.3, -0.25) is 4.79 Å². The van der Waals surface area contributed by atoms with Crippen molar-refractivity contribution in [2.75, 3.05) is 0 Å². The fraction of sp³-hybridized carbons (Fsp3) is 0. The van der Waals surface area contributed by atoms with Gasteiger partial charge in [0.1, 0.15) is 0 Å². The topological polar surface area (TPSA) is 17.1 Å². The SMILES string of the molecule is C=C1Sc2sc(=O)sc2S1. The first-order valence-electron chi connectivity index (χ1n) is 2.44. The highest BCUT2D eigenvalue weighted by Crippen LogP contribution is 2.52. The first-order valence-corrected chi connectivity index (χ1v) is 5.71. The molecule has 0 amide bonds. The summed E-state index contributed by atoms with van der Waals surface area (Å²) in [6.07, 6.45) is 0. The average Bonchev–Trinajstić information content (AvgIpc) is 2.21. The van der Waals surface area contributed by atoms with Gasteiger partial charge < -0.3 is 0 Å². The second kappa shape index (κ2) is 2.41. The van der Waals surface area contributed by atoms with Gasteiger partial charge in [0.15, 0.2) is 0 Å². The standard InChI is InChI=1S/C5H2OS4/c1-2-7-3-4(8-2)10-5(6)9-3/h1H2. The Bertz CT molecular complexity index is 305. The minimum Gasteiger partial charge on any atom is -0.265 e. The van der Waals surface area contributed by atoms with Crippen LogP contribution in [0.4, 0.5) is 0 Å². The van der Waals surface area contributed by atoms with Crippen LogP contribution in [0, 0.1) is 0 Å². The maximum absolute atomic E-state index is 10.8. The summed E-state index contributed by atoms with van der Waals surface area (Å²) in [7, 11) is 0. The van der Waals surface area contributed by atoms with Crippen LogP contribution in [0.15, 0.2) is 24.0 Å². The van der Waals surface area contributed by atoms with Crippen LogP contribution in [-0.2, 0) is 0 Å². The van der Waals surface area contributed by atoms with E-state index in [4.69, 9.17) is 0 Å². The molecule has 0 fully saturated rings. The summed E-state index contributed by atoms with van der Waals surface area (Å²) in [6, 6.07) is 0. The molecule has 5 heteroatoms. The Hall–Kier alpha value is 0.290. The maximum Gasteiger partial charge on any atom is 0.289 e. The molecule has 2 heterocycles. The van der Waals surface area contributed by atoms with E-state index in [0.29, 0.717) is 0 Å². The van der Waals surface area contributed by atoms with Gasteiger partial charge in [-0.25, -0.2) is 0 Å². The smallest absolute Gasteiger partial charge is 0.265 e. The zero-order valence-corrected chi connectivity index (χ0v) is 8.01. The number of hydrogen-bond acceptors (Lipinski definition) is 5. The summed E-state index contributed by atoms with van der Waals surface area (Å²) >= 11 is 5.87. The van der Waals surface area contributed by atoms with Crippen molar-refractivity contribution >= 4 is 46.2 Å². The number of thioether (sulfide) groups is 2. The van der Waals surface area contributed by atoms with Gasteiger partial charge in [-0.05, 0) is 0 Å². The third-order valence-electron chi connectivity index (χ3n) is 0.932. The molecule has 0 radical (unpaired) electrons. The summed E-state index contributed by atoms with van der Waals surface area (Å²) in [5, 5.41) is 0. The Balaban J connectivity index is 2.57. The average molecular weight is 206 g/mol. The van der Waals surface area contributed by atoms with Crippen molar-refractivity contribution in [3.63, 3.8) is 0 Å². The molecule has 2 rings (SSSR count). The van der Waals surface area contributed by atoms with Gasteiger partial charge in [0.2, 0.25) is 0 Å². The van der Waals surface area contributed by atoms with Crippen molar-refractivity contribution in [3.8, 4) is 0 Å². The van der Waals surface area contributed by atoms with Crippen LogP contribution in [0.5, 0.6) is 0 Å². The molecule has 0 unspecified atom stereocenters. The molecule has 1 aliphatic rings. The molecule has 0 aliphatic carbocycles. The van der Waals surface area contributed by atoms with Crippen LogP contribution >= 0.6 is 46.2 Å². The third-order valence-corrected chi connectivity index (χ3v) is 5.80. The lowest BCUT2D eigenvalue weighted by Crippen LogP contribution is -1.74.